The zero-order chi connectivity index (χ0) is 9.80. The van der Waals surface area contributed by atoms with Crippen molar-refractivity contribution < 1.29 is 9.53 Å². The van der Waals surface area contributed by atoms with E-state index in [4.69, 9.17) is 4.74 Å². The topological polar surface area (TPSA) is 29.5 Å². The molecule has 2 rings (SSSR count). The Morgan fingerprint density at radius 1 is 1.36 bits per heavy atom. The van der Waals surface area contributed by atoms with Crippen LogP contribution in [0.5, 0.6) is 0 Å². The van der Waals surface area contributed by atoms with E-state index >= 15 is 0 Å². The number of likely N-dealkylation sites (tertiary alicyclic amines) is 1. The lowest BCUT2D eigenvalue weighted by molar-refractivity contribution is -0.130. The average molecular weight is 197 g/mol. The van der Waals surface area contributed by atoms with Gasteiger partial charge in [-0.1, -0.05) is 0 Å². The van der Waals surface area contributed by atoms with E-state index in [0.717, 1.165) is 45.6 Å². The molecule has 2 fully saturated rings. The highest BCUT2D eigenvalue weighted by Gasteiger charge is 2.21. The SMILES string of the molecule is O=C(CC[C@H]1CCOC1)N1CCCC1. The smallest absolute Gasteiger partial charge is 0.222 e. The minimum Gasteiger partial charge on any atom is -0.381 e. The molecule has 2 saturated heterocycles. The Kier molecular flexibility index (Phi) is 3.40. The van der Waals surface area contributed by atoms with Crippen molar-refractivity contribution in [1.82, 2.24) is 4.90 Å². The fourth-order valence-corrected chi connectivity index (χ4v) is 2.26. The normalized spacial score (nSPS) is 27.1. The van der Waals surface area contributed by atoms with Crippen LogP contribution in [0.25, 0.3) is 0 Å². The predicted octanol–water partition coefficient (Wildman–Crippen LogP) is 1.43. The van der Waals surface area contributed by atoms with Gasteiger partial charge in [0.1, 0.15) is 0 Å². The molecular formula is C11H19NO2. The van der Waals surface area contributed by atoms with Gasteiger partial charge in [-0.05, 0) is 31.6 Å². The van der Waals surface area contributed by atoms with Crippen LogP contribution in [0.4, 0.5) is 0 Å². The number of hydrogen-bond donors (Lipinski definition) is 0. The van der Waals surface area contributed by atoms with Crippen LogP contribution in [0, 0.1) is 5.92 Å². The van der Waals surface area contributed by atoms with Gasteiger partial charge in [-0.15, -0.1) is 0 Å². The zero-order valence-corrected chi connectivity index (χ0v) is 8.71. The summed E-state index contributed by atoms with van der Waals surface area (Å²) < 4.78 is 5.29. The summed E-state index contributed by atoms with van der Waals surface area (Å²) in [6.07, 6.45) is 5.28. The van der Waals surface area contributed by atoms with E-state index in [-0.39, 0.29) is 0 Å². The number of amides is 1. The van der Waals surface area contributed by atoms with Gasteiger partial charge in [0, 0.05) is 32.7 Å². The molecule has 3 nitrogen and oxygen atoms in total. The van der Waals surface area contributed by atoms with Crippen molar-refractivity contribution in [3.8, 4) is 0 Å². The van der Waals surface area contributed by atoms with E-state index in [1.165, 1.54) is 12.8 Å². The lowest BCUT2D eigenvalue weighted by Crippen LogP contribution is -2.27. The van der Waals surface area contributed by atoms with Crippen molar-refractivity contribution in [2.45, 2.75) is 32.1 Å². The van der Waals surface area contributed by atoms with Crippen LogP contribution >= 0.6 is 0 Å². The number of carbonyl (C=O) groups excluding carboxylic acids is 1. The Bertz CT molecular complexity index is 193. The van der Waals surface area contributed by atoms with Crippen LogP contribution in [0.3, 0.4) is 0 Å². The molecule has 0 spiro atoms. The van der Waals surface area contributed by atoms with Crippen LogP contribution in [0.2, 0.25) is 0 Å². The number of carbonyl (C=O) groups is 1. The van der Waals surface area contributed by atoms with Crippen molar-refractivity contribution in [2.24, 2.45) is 5.92 Å². The highest BCUT2D eigenvalue weighted by Crippen LogP contribution is 2.19. The Balaban J connectivity index is 1.66. The third-order valence-electron chi connectivity index (χ3n) is 3.25. The molecule has 3 heteroatoms. The lowest BCUT2D eigenvalue weighted by atomic mass is 10.0. The monoisotopic (exact) mass is 197 g/mol. The summed E-state index contributed by atoms with van der Waals surface area (Å²) in [5.41, 5.74) is 0. The summed E-state index contributed by atoms with van der Waals surface area (Å²) in [6.45, 7) is 3.73. The maximum absolute atomic E-state index is 11.7. The van der Waals surface area contributed by atoms with E-state index in [1.54, 1.807) is 0 Å². The second kappa shape index (κ2) is 4.78. The number of rotatable bonds is 3. The standard InChI is InChI=1S/C11H19NO2/c13-11(12-6-1-2-7-12)4-3-10-5-8-14-9-10/h10H,1-9H2/t10-/m0/s1. The van der Waals surface area contributed by atoms with Gasteiger partial charge in [-0.25, -0.2) is 0 Å². The zero-order valence-electron chi connectivity index (χ0n) is 8.71. The molecule has 0 aromatic carbocycles. The first-order valence-corrected chi connectivity index (χ1v) is 5.72. The van der Waals surface area contributed by atoms with Crippen molar-refractivity contribution in [2.75, 3.05) is 26.3 Å². The molecule has 0 bridgehead atoms. The van der Waals surface area contributed by atoms with E-state index in [9.17, 15) is 4.79 Å². The average Bonchev–Trinajstić information content (AvgIpc) is 2.87. The molecule has 0 aromatic rings. The van der Waals surface area contributed by atoms with Crippen LogP contribution in [-0.4, -0.2) is 37.1 Å². The van der Waals surface area contributed by atoms with Crippen LogP contribution in [0.1, 0.15) is 32.1 Å². The van der Waals surface area contributed by atoms with Gasteiger partial charge in [0.05, 0.1) is 0 Å². The Hall–Kier alpha value is -0.570. The van der Waals surface area contributed by atoms with Crippen molar-refractivity contribution in [3.63, 3.8) is 0 Å². The highest BCUT2D eigenvalue weighted by atomic mass is 16.5. The van der Waals surface area contributed by atoms with Gasteiger partial charge in [-0.2, -0.15) is 0 Å². The molecular weight excluding hydrogens is 178 g/mol. The van der Waals surface area contributed by atoms with Crippen LogP contribution in [-0.2, 0) is 9.53 Å². The second-order valence-electron chi connectivity index (χ2n) is 4.36. The fraction of sp³-hybridized carbons (Fsp3) is 0.909. The third kappa shape index (κ3) is 2.47. The summed E-state index contributed by atoms with van der Waals surface area (Å²) in [7, 11) is 0. The Morgan fingerprint density at radius 2 is 2.14 bits per heavy atom. The van der Waals surface area contributed by atoms with E-state index < -0.39 is 0 Å². The summed E-state index contributed by atoms with van der Waals surface area (Å²) in [4.78, 5) is 13.7. The van der Waals surface area contributed by atoms with Gasteiger partial charge < -0.3 is 9.64 Å². The second-order valence-corrected chi connectivity index (χ2v) is 4.36. The molecule has 2 aliphatic rings. The molecule has 2 aliphatic heterocycles. The Morgan fingerprint density at radius 3 is 2.79 bits per heavy atom. The van der Waals surface area contributed by atoms with Crippen molar-refractivity contribution in [3.05, 3.63) is 0 Å². The Labute approximate surface area is 85.4 Å². The molecule has 14 heavy (non-hydrogen) atoms. The molecule has 2 heterocycles. The van der Waals surface area contributed by atoms with E-state index in [2.05, 4.69) is 0 Å². The minimum absolute atomic E-state index is 0.356. The number of nitrogens with zero attached hydrogens (tertiary/aromatic N) is 1. The molecule has 80 valence electrons. The van der Waals surface area contributed by atoms with Gasteiger partial charge in [0.2, 0.25) is 5.91 Å². The fourth-order valence-electron chi connectivity index (χ4n) is 2.26. The van der Waals surface area contributed by atoms with Crippen LogP contribution < -0.4 is 0 Å². The molecule has 1 atom stereocenters. The maximum atomic E-state index is 11.7. The lowest BCUT2D eigenvalue weighted by Gasteiger charge is -2.16. The molecule has 0 N–H and O–H groups in total. The number of hydrogen-bond acceptors (Lipinski definition) is 2. The molecule has 0 unspecified atom stereocenters. The van der Waals surface area contributed by atoms with Crippen molar-refractivity contribution in [1.29, 1.82) is 0 Å². The highest BCUT2D eigenvalue weighted by molar-refractivity contribution is 5.76. The molecule has 0 aromatic heterocycles. The minimum atomic E-state index is 0.356. The first-order chi connectivity index (χ1) is 6.86. The largest absolute Gasteiger partial charge is 0.381 e. The molecule has 0 saturated carbocycles. The van der Waals surface area contributed by atoms with E-state index in [1.807, 2.05) is 4.90 Å². The summed E-state index contributed by atoms with van der Waals surface area (Å²) in [6, 6.07) is 0. The van der Waals surface area contributed by atoms with Gasteiger partial charge in [-0.3, -0.25) is 4.79 Å². The summed E-state index contributed by atoms with van der Waals surface area (Å²) in [5, 5.41) is 0. The summed E-state index contributed by atoms with van der Waals surface area (Å²) >= 11 is 0. The summed E-state index contributed by atoms with van der Waals surface area (Å²) in [5.74, 6) is 0.996. The van der Waals surface area contributed by atoms with Gasteiger partial charge in [0.15, 0.2) is 0 Å². The number of ether oxygens (including phenoxy) is 1. The quantitative estimate of drug-likeness (QED) is 0.685. The molecule has 0 aliphatic carbocycles. The van der Waals surface area contributed by atoms with Gasteiger partial charge in [0.25, 0.3) is 0 Å². The molecule has 1 amide bonds. The van der Waals surface area contributed by atoms with Crippen LogP contribution in [0.15, 0.2) is 0 Å². The first kappa shape index (κ1) is 9.97. The van der Waals surface area contributed by atoms with Gasteiger partial charge >= 0.3 is 0 Å². The predicted molar refractivity (Wildman–Crippen MR) is 54.0 cm³/mol. The van der Waals surface area contributed by atoms with Crippen molar-refractivity contribution >= 4 is 5.91 Å². The third-order valence-corrected chi connectivity index (χ3v) is 3.25. The van der Waals surface area contributed by atoms with E-state index in [0.29, 0.717) is 11.8 Å². The maximum Gasteiger partial charge on any atom is 0.222 e. The first-order valence-electron chi connectivity index (χ1n) is 5.72. The molecule has 0 radical (unpaired) electrons.